The predicted octanol–water partition coefficient (Wildman–Crippen LogP) is 5.75. The first kappa shape index (κ1) is 24.9. The second-order valence-electron chi connectivity index (χ2n) is 8.64. The number of carbonyl (C=O) groups is 1. The van der Waals surface area contributed by atoms with E-state index >= 15 is 0 Å². The number of aliphatic carboxylic acids is 1. The van der Waals surface area contributed by atoms with Crippen LogP contribution in [0.4, 0.5) is 0 Å². The summed E-state index contributed by atoms with van der Waals surface area (Å²) >= 11 is 0. The van der Waals surface area contributed by atoms with Crippen LogP contribution in [0.15, 0.2) is 121 Å². The Morgan fingerprint density at radius 2 is 0.735 bits per heavy atom. The van der Waals surface area contributed by atoms with Crippen molar-refractivity contribution >= 4 is 5.97 Å². The zero-order valence-electron chi connectivity index (χ0n) is 19.8. The third-order valence-corrected chi connectivity index (χ3v) is 5.73. The Hall–Kier alpha value is -3.69. The Labute approximate surface area is 203 Å². The first-order valence-electron chi connectivity index (χ1n) is 11.8. The molecule has 0 atom stereocenters. The molecule has 0 saturated carbocycles. The molecule has 0 aromatic heterocycles. The van der Waals surface area contributed by atoms with E-state index in [1.165, 1.54) is 29.2 Å². The fraction of sp³-hybridized carbons (Fsp3) is 0.194. The quantitative estimate of drug-likeness (QED) is 0.304. The first-order valence-corrected chi connectivity index (χ1v) is 11.8. The molecule has 0 fully saturated rings. The highest BCUT2D eigenvalue weighted by Gasteiger charge is 2.29. The molecular formula is C31H33NO2. The maximum Gasteiger partial charge on any atom is 0.105 e. The van der Waals surface area contributed by atoms with Crippen LogP contribution in [0.2, 0.25) is 0 Å². The van der Waals surface area contributed by atoms with Crippen molar-refractivity contribution in [2.24, 2.45) is 0 Å². The van der Waals surface area contributed by atoms with Crippen LogP contribution >= 0.6 is 0 Å². The molecule has 0 radical (unpaired) electrons. The van der Waals surface area contributed by atoms with Crippen molar-refractivity contribution in [1.82, 2.24) is 0 Å². The van der Waals surface area contributed by atoms with E-state index < -0.39 is 5.97 Å². The van der Waals surface area contributed by atoms with E-state index in [4.69, 9.17) is 0 Å². The summed E-state index contributed by atoms with van der Waals surface area (Å²) in [6.07, 6.45) is 0.111. The number of hydrogen-bond donors (Lipinski definition) is 0. The topological polar surface area (TPSA) is 40.1 Å². The van der Waals surface area contributed by atoms with Crippen LogP contribution in [0.5, 0.6) is 0 Å². The summed E-state index contributed by atoms with van der Waals surface area (Å²) in [5.41, 5.74) is 5.54. The molecule has 0 aliphatic carbocycles. The lowest BCUT2D eigenvalue weighted by molar-refractivity contribution is -0.978. The minimum Gasteiger partial charge on any atom is -0.550 e. The molecule has 0 heterocycles. The summed E-state index contributed by atoms with van der Waals surface area (Å²) in [4.78, 5) is 9.26. The monoisotopic (exact) mass is 451 g/mol. The van der Waals surface area contributed by atoms with Crippen LogP contribution in [-0.2, 0) is 31.0 Å². The molecule has 0 unspecified atom stereocenters. The SMILES string of the molecule is CCC(=O)[O-].c1ccc(C[N+](Cc2ccccc2)(Cc2ccccc2)Cc2ccccc2)cc1. The number of carboxylic acids is 1. The highest BCUT2D eigenvalue weighted by atomic mass is 16.4. The van der Waals surface area contributed by atoms with E-state index in [1.807, 2.05) is 0 Å². The van der Waals surface area contributed by atoms with Crippen molar-refractivity contribution < 1.29 is 14.4 Å². The molecular weight excluding hydrogens is 418 g/mol. The Balaban J connectivity index is 0.000000588. The summed E-state index contributed by atoms with van der Waals surface area (Å²) in [5, 5.41) is 9.26. The molecule has 0 N–H and O–H groups in total. The van der Waals surface area contributed by atoms with E-state index in [-0.39, 0.29) is 6.42 Å². The Morgan fingerprint density at radius 3 is 0.912 bits per heavy atom. The number of nitrogens with zero attached hydrogens (tertiary/aromatic N) is 1. The average Bonchev–Trinajstić information content (AvgIpc) is 2.87. The summed E-state index contributed by atoms with van der Waals surface area (Å²) in [6.45, 7) is 5.54. The van der Waals surface area contributed by atoms with Gasteiger partial charge in [0.25, 0.3) is 0 Å². The van der Waals surface area contributed by atoms with Crippen LogP contribution in [0.3, 0.4) is 0 Å². The molecule has 4 rings (SSSR count). The molecule has 4 aromatic rings. The lowest BCUT2D eigenvalue weighted by Gasteiger charge is -2.39. The van der Waals surface area contributed by atoms with Crippen LogP contribution in [0.1, 0.15) is 35.6 Å². The number of quaternary nitrogens is 1. The van der Waals surface area contributed by atoms with Gasteiger partial charge in [-0.3, -0.25) is 0 Å². The van der Waals surface area contributed by atoms with Gasteiger partial charge in [0, 0.05) is 28.2 Å². The Kier molecular flexibility index (Phi) is 9.63. The van der Waals surface area contributed by atoms with Gasteiger partial charge in [-0.05, 0) is 6.42 Å². The molecule has 3 nitrogen and oxygen atoms in total. The van der Waals surface area contributed by atoms with Gasteiger partial charge in [-0.1, -0.05) is 128 Å². The molecule has 34 heavy (non-hydrogen) atoms. The number of carbonyl (C=O) groups excluding carboxylic acids is 1. The van der Waals surface area contributed by atoms with Crippen LogP contribution < -0.4 is 5.11 Å². The maximum absolute atomic E-state index is 9.26. The lowest BCUT2D eigenvalue weighted by Crippen LogP contribution is -2.45. The van der Waals surface area contributed by atoms with Gasteiger partial charge in [-0.15, -0.1) is 0 Å². The van der Waals surface area contributed by atoms with Gasteiger partial charge < -0.3 is 14.4 Å². The van der Waals surface area contributed by atoms with Crippen molar-refractivity contribution in [3.05, 3.63) is 144 Å². The molecule has 0 aliphatic rings. The van der Waals surface area contributed by atoms with Crippen molar-refractivity contribution in [1.29, 1.82) is 0 Å². The molecule has 0 saturated heterocycles. The van der Waals surface area contributed by atoms with E-state index in [0.29, 0.717) is 0 Å². The van der Waals surface area contributed by atoms with E-state index in [1.54, 1.807) is 0 Å². The molecule has 4 aromatic carbocycles. The first-order chi connectivity index (χ1) is 16.6. The third-order valence-electron chi connectivity index (χ3n) is 5.73. The van der Waals surface area contributed by atoms with Gasteiger partial charge in [-0.25, -0.2) is 0 Å². The number of benzene rings is 4. The summed E-state index contributed by atoms with van der Waals surface area (Å²) < 4.78 is 0.960. The minimum atomic E-state index is -0.995. The Morgan fingerprint density at radius 1 is 0.529 bits per heavy atom. The highest BCUT2D eigenvalue weighted by Crippen LogP contribution is 2.27. The van der Waals surface area contributed by atoms with E-state index in [9.17, 15) is 9.90 Å². The van der Waals surface area contributed by atoms with Crippen LogP contribution in [0.25, 0.3) is 0 Å². The van der Waals surface area contributed by atoms with Crippen LogP contribution in [0, 0.1) is 0 Å². The van der Waals surface area contributed by atoms with Crippen LogP contribution in [-0.4, -0.2) is 10.5 Å². The van der Waals surface area contributed by atoms with Gasteiger partial charge in [0.05, 0.1) is 0 Å². The largest absolute Gasteiger partial charge is 0.550 e. The van der Waals surface area contributed by atoms with Crippen molar-refractivity contribution in [2.75, 3.05) is 0 Å². The minimum absolute atomic E-state index is 0.111. The normalized spacial score (nSPS) is 10.7. The van der Waals surface area contributed by atoms with Gasteiger partial charge in [0.1, 0.15) is 26.2 Å². The average molecular weight is 452 g/mol. The van der Waals surface area contributed by atoms with Crippen molar-refractivity contribution in [3.63, 3.8) is 0 Å². The standard InChI is InChI=1S/C28H28N.C3H6O2/c1-5-13-25(14-6-1)21-29(22-26-15-7-2-8-16-26,23-27-17-9-3-10-18-27)24-28-19-11-4-12-20-28;1-2-3(4)5/h1-20H,21-24H2;2H2,1H3,(H,4,5)/q+1;/p-1. The summed E-state index contributed by atoms with van der Waals surface area (Å²) in [7, 11) is 0. The Bertz CT molecular complexity index is 926. The second kappa shape index (κ2) is 13.1. The smallest absolute Gasteiger partial charge is 0.105 e. The molecule has 0 aliphatic heterocycles. The van der Waals surface area contributed by atoms with Gasteiger partial charge >= 0.3 is 0 Å². The maximum atomic E-state index is 9.26. The molecule has 0 spiro atoms. The molecule has 3 heteroatoms. The zero-order chi connectivity index (χ0) is 24.1. The summed E-state index contributed by atoms with van der Waals surface area (Å²) in [6, 6.07) is 43.7. The predicted molar refractivity (Wildman–Crippen MR) is 136 cm³/mol. The number of carboxylic acid groups (broad SMARTS) is 1. The zero-order valence-corrected chi connectivity index (χ0v) is 19.8. The molecule has 0 bridgehead atoms. The van der Waals surface area contributed by atoms with Gasteiger partial charge in [0.15, 0.2) is 0 Å². The molecule has 174 valence electrons. The number of hydrogen-bond acceptors (Lipinski definition) is 2. The fourth-order valence-corrected chi connectivity index (χ4v) is 4.22. The lowest BCUT2D eigenvalue weighted by atomic mass is 10.0. The number of rotatable bonds is 9. The van der Waals surface area contributed by atoms with E-state index in [0.717, 1.165) is 30.7 Å². The van der Waals surface area contributed by atoms with Gasteiger partial charge in [0.2, 0.25) is 0 Å². The summed E-state index contributed by atoms with van der Waals surface area (Å²) in [5.74, 6) is -0.995. The van der Waals surface area contributed by atoms with E-state index in [2.05, 4.69) is 121 Å². The van der Waals surface area contributed by atoms with Gasteiger partial charge in [-0.2, -0.15) is 0 Å². The molecule has 0 amide bonds. The fourth-order valence-electron chi connectivity index (χ4n) is 4.22. The second-order valence-corrected chi connectivity index (χ2v) is 8.64. The van der Waals surface area contributed by atoms with Crippen molar-refractivity contribution in [3.8, 4) is 0 Å². The third kappa shape index (κ3) is 8.34. The van der Waals surface area contributed by atoms with Crippen molar-refractivity contribution in [2.45, 2.75) is 39.5 Å². The highest BCUT2D eigenvalue weighted by molar-refractivity contribution is 5.63.